The number of nitrogens with zero attached hydrogens (tertiary/aromatic N) is 2. The molecule has 0 aliphatic heterocycles. The van der Waals surface area contributed by atoms with Crippen molar-refractivity contribution in [2.75, 3.05) is 5.32 Å². The normalized spacial score (nSPS) is 17.4. The summed E-state index contributed by atoms with van der Waals surface area (Å²) >= 11 is 0. The summed E-state index contributed by atoms with van der Waals surface area (Å²) in [6.07, 6.45) is 6.33. The zero-order valence-corrected chi connectivity index (χ0v) is 29.8. The third-order valence-corrected chi connectivity index (χ3v) is 9.80. The van der Waals surface area contributed by atoms with Gasteiger partial charge in [0.2, 0.25) is 0 Å². The van der Waals surface area contributed by atoms with E-state index in [1.54, 1.807) is 0 Å². The third kappa shape index (κ3) is 6.86. The molecule has 1 heterocycles. The second kappa shape index (κ2) is 12.3. The summed E-state index contributed by atoms with van der Waals surface area (Å²) in [6, 6.07) is 35.0. The average molecular weight is 622 g/mol. The summed E-state index contributed by atoms with van der Waals surface area (Å²) in [4.78, 5) is 5.07. The van der Waals surface area contributed by atoms with Crippen LogP contribution in [0.5, 0.6) is 0 Å². The number of allylic oxidation sites excluding steroid dienone is 3. The van der Waals surface area contributed by atoms with Crippen LogP contribution in [0.2, 0.25) is 0 Å². The highest BCUT2D eigenvalue weighted by Crippen LogP contribution is 2.47. The molecule has 5 aromatic rings. The molecule has 0 saturated carbocycles. The molecule has 3 nitrogen and oxygen atoms in total. The van der Waals surface area contributed by atoms with Gasteiger partial charge in [-0.2, -0.15) is 0 Å². The van der Waals surface area contributed by atoms with Gasteiger partial charge in [0.25, 0.3) is 0 Å². The molecule has 47 heavy (non-hydrogen) atoms. The maximum atomic E-state index is 5.07. The highest BCUT2D eigenvalue weighted by Gasteiger charge is 2.34. The van der Waals surface area contributed by atoms with Gasteiger partial charge in [-0.05, 0) is 106 Å². The Morgan fingerprint density at radius 3 is 1.70 bits per heavy atom. The Kier molecular flexibility index (Phi) is 8.55. The van der Waals surface area contributed by atoms with E-state index in [2.05, 4.69) is 176 Å². The van der Waals surface area contributed by atoms with Gasteiger partial charge in [0.15, 0.2) is 0 Å². The first-order valence-corrected chi connectivity index (χ1v) is 17.1. The van der Waals surface area contributed by atoms with Crippen LogP contribution < -0.4 is 5.32 Å². The molecule has 0 fully saturated rings. The standard InChI is InChI=1S/C44H51N3/c1-42(2,3)32-20-22-39-37(26-32)38-27-33(43(4,5)6)21-23-40(38)47(39)41-30(28-45-35-16-12-10-13-17-35)24-34(44(7,8)9)25-31(41)29-46-36-18-14-11-15-19-36/h10-23,26-29,34,45H,24-25H2,1-9H3/b30-28+,46-29?. The number of aromatic nitrogens is 1. The molecule has 242 valence electrons. The molecule has 0 saturated heterocycles. The number of benzene rings is 4. The summed E-state index contributed by atoms with van der Waals surface area (Å²) in [6.45, 7) is 20.9. The van der Waals surface area contributed by atoms with Gasteiger partial charge in [0, 0.05) is 28.9 Å². The van der Waals surface area contributed by atoms with E-state index in [0.29, 0.717) is 5.92 Å². The number of hydrogen-bond donors (Lipinski definition) is 1. The van der Waals surface area contributed by atoms with Crippen molar-refractivity contribution >= 4 is 45.1 Å². The molecule has 0 spiro atoms. The fourth-order valence-corrected chi connectivity index (χ4v) is 6.71. The molecule has 1 N–H and O–H groups in total. The Morgan fingerprint density at radius 1 is 0.660 bits per heavy atom. The SMILES string of the molecule is CC(C)(C)c1ccc2c(c1)c1cc(C(C)(C)C)ccc1n2C1=C(C=Nc2ccccc2)CC(C(C)(C)C)C/C1=C\Nc1ccccc1. The van der Waals surface area contributed by atoms with Crippen LogP contribution in [0, 0.1) is 11.3 Å². The lowest BCUT2D eigenvalue weighted by atomic mass is 9.70. The number of hydrogen-bond acceptors (Lipinski definition) is 2. The van der Waals surface area contributed by atoms with Gasteiger partial charge in [-0.15, -0.1) is 0 Å². The van der Waals surface area contributed by atoms with Crippen molar-refractivity contribution < 1.29 is 0 Å². The zero-order chi connectivity index (χ0) is 33.6. The number of nitrogens with one attached hydrogen (secondary N) is 1. The quantitative estimate of drug-likeness (QED) is 0.194. The number of para-hydroxylation sites is 2. The monoisotopic (exact) mass is 621 g/mol. The number of anilines is 1. The minimum Gasteiger partial charge on any atom is -0.361 e. The Hall–Kier alpha value is -4.37. The summed E-state index contributed by atoms with van der Waals surface area (Å²) in [7, 11) is 0. The number of aliphatic imine (C=N–C) groups is 1. The maximum Gasteiger partial charge on any atom is 0.0629 e. The van der Waals surface area contributed by atoms with Crippen LogP contribution in [0.4, 0.5) is 11.4 Å². The summed E-state index contributed by atoms with van der Waals surface area (Å²) in [5, 5.41) is 6.28. The molecule has 0 amide bonds. The van der Waals surface area contributed by atoms with E-state index in [0.717, 1.165) is 24.2 Å². The zero-order valence-electron chi connectivity index (χ0n) is 29.8. The van der Waals surface area contributed by atoms with Crippen LogP contribution in [-0.4, -0.2) is 10.8 Å². The average Bonchev–Trinajstić information content (AvgIpc) is 3.35. The highest BCUT2D eigenvalue weighted by atomic mass is 15.0. The Labute approximate surface area is 282 Å². The van der Waals surface area contributed by atoms with Crippen molar-refractivity contribution in [3.8, 4) is 0 Å². The fraction of sp³-hybridized carbons (Fsp3) is 0.341. The van der Waals surface area contributed by atoms with E-state index < -0.39 is 0 Å². The van der Waals surface area contributed by atoms with Crippen molar-refractivity contribution in [2.24, 2.45) is 16.3 Å². The van der Waals surface area contributed by atoms with Gasteiger partial charge in [-0.25, -0.2) is 0 Å². The molecule has 4 aromatic carbocycles. The van der Waals surface area contributed by atoms with Crippen LogP contribution in [0.15, 0.2) is 119 Å². The van der Waals surface area contributed by atoms with Crippen LogP contribution in [0.25, 0.3) is 27.5 Å². The molecule has 6 rings (SSSR count). The first-order chi connectivity index (χ1) is 22.2. The lowest BCUT2D eigenvalue weighted by Crippen LogP contribution is -2.27. The van der Waals surface area contributed by atoms with Crippen molar-refractivity contribution in [2.45, 2.75) is 86.0 Å². The van der Waals surface area contributed by atoms with E-state index in [9.17, 15) is 0 Å². The van der Waals surface area contributed by atoms with Crippen LogP contribution in [0.3, 0.4) is 0 Å². The number of fused-ring (bicyclic) bond motifs is 3. The van der Waals surface area contributed by atoms with Gasteiger partial charge < -0.3 is 9.88 Å². The minimum absolute atomic E-state index is 0.0481. The second-order valence-corrected chi connectivity index (χ2v) is 16.4. The fourth-order valence-electron chi connectivity index (χ4n) is 6.71. The molecule has 1 aliphatic rings. The van der Waals surface area contributed by atoms with E-state index in [-0.39, 0.29) is 16.2 Å². The predicted molar refractivity (Wildman–Crippen MR) is 205 cm³/mol. The minimum atomic E-state index is 0.0481. The maximum absolute atomic E-state index is 5.07. The van der Waals surface area contributed by atoms with Crippen molar-refractivity contribution in [1.29, 1.82) is 0 Å². The predicted octanol–water partition coefficient (Wildman–Crippen LogP) is 12.5. The third-order valence-electron chi connectivity index (χ3n) is 9.80. The molecule has 1 unspecified atom stereocenters. The van der Waals surface area contributed by atoms with Crippen LogP contribution in [0.1, 0.15) is 86.3 Å². The molecule has 0 bridgehead atoms. The highest BCUT2D eigenvalue weighted by molar-refractivity contribution is 6.12. The first kappa shape index (κ1) is 32.6. The Bertz CT molecular complexity index is 1910. The molecule has 1 atom stereocenters. The van der Waals surface area contributed by atoms with Gasteiger partial charge in [-0.1, -0.05) is 111 Å². The molecule has 0 radical (unpaired) electrons. The summed E-state index contributed by atoms with van der Waals surface area (Å²) in [5.74, 6) is 0.459. The largest absolute Gasteiger partial charge is 0.361 e. The van der Waals surface area contributed by atoms with Crippen molar-refractivity contribution in [1.82, 2.24) is 4.57 Å². The molecule has 3 heteroatoms. The second-order valence-electron chi connectivity index (χ2n) is 16.4. The topological polar surface area (TPSA) is 29.3 Å². The van der Waals surface area contributed by atoms with E-state index in [4.69, 9.17) is 4.99 Å². The summed E-state index contributed by atoms with van der Waals surface area (Å²) in [5.41, 5.74) is 11.3. The molecular formula is C44H51N3. The summed E-state index contributed by atoms with van der Waals surface area (Å²) < 4.78 is 2.54. The molecular weight excluding hydrogens is 571 g/mol. The number of rotatable bonds is 5. The Balaban J connectivity index is 1.68. The van der Waals surface area contributed by atoms with Crippen molar-refractivity contribution in [3.63, 3.8) is 0 Å². The molecule has 1 aromatic heterocycles. The van der Waals surface area contributed by atoms with E-state index in [1.165, 1.54) is 49.8 Å². The van der Waals surface area contributed by atoms with E-state index >= 15 is 0 Å². The van der Waals surface area contributed by atoms with Gasteiger partial charge in [-0.3, -0.25) is 4.99 Å². The van der Waals surface area contributed by atoms with Crippen LogP contribution >= 0.6 is 0 Å². The van der Waals surface area contributed by atoms with Gasteiger partial charge >= 0.3 is 0 Å². The smallest absolute Gasteiger partial charge is 0.0629 e. The first-order valence-electron chi connectivity index (χ1n) is 17.1. The van der Waals surface area contributed by atoms with Gasteiger partial charge in [0.05, 0.1) is 22.4 Å². The lowest BCUT2D eigenvalue weighted by Gasteiger charge is -2.37. The van der Waals surface area contributed by atoms with Gasteiger partial charge in [0.1, 0.15) is 0 Å². The lowest BCUT2D eigenvalue weighted by molar-refractivity contribution is 0.236. The van der Waals surface area contributed by atoms with Crippen molar-refractivity contribution in [3.05, 3.63) is 126 Å². The van der Waals surface area contributed by atoms with Crippen LogP contribution in [-0.2, 0) is 10.8 Å². The Morgan fingerprint density at radius 2 is 1.19 bits per heavy atom. The molecule has 1 aliphatic carbocycles. The van der Waals surface area contributed by atoms with E-state index in [1.807, 2.05) is 6.07 Å².